The van der Waals surface area contributed by atoms with Gasteiger partial charge in [-0.15, -0.1) is 13.2 Å². The smallest absolute Gasteiger partial charge is 0.491 e. The zero-order chi connectivity index (χ0) is 12.9. The summed E-state index contributed by atoms with van der Waals surface area (Å²) in [4.78, 5) is 0. The van der Waals surface area contributed by atoms with Crippen LogP contribution in [0, 0.1) is 0 Å². The molecule has 0 amide bonds. The number of hydrogen-bond acceptors (Lipinski definition) is 3. The second kappa shape index (κ2) is 6.09. The lowest BCUT2D eigenvalue weighted by Gasteiger charge is -2.10. The first-order valence-corrected chi connectivity index (χ1v) is 5.12. The van der Waals surface area contributed by atoms with Crippen LogP contribution in [-0.2, 0) is 11.3 Å². The zero-order valence-electron chi connectivity index (χ0n) is 8.76. The third kappa shape index (κ3) is 5.25. The number of rotatable bonds is 5. The average Bonchev–Trinajstić information content (AvgIpc) is 2.23. The van der Waals surface area contributed by atoms with Crippen molar-refractivity contribution in [2.75, 3.05) is 13.2 Å². The van der Waals surface area contributed by atoms with Gasteiger partial charge in [0.25, 0.3) is 0 Å². The van der Waals surface area contributed by atoms with Gasteiger partial charge < -0.3 is 10.5 Å². The number of nitrogens with two attached hydrogens (primary N) is 1. The quantitative estimate of drug-likeness (QED) is 0.836. The van der Waals surface area contributed by atoms with Crippen molar-refractivity contribution in [2.45, 2.75) is 12.9 Å². The molecule has 0 radical (unpaired) electrons. The molecule has 0 unspecified atom stereocenters. The Labute approximate surface area is 101 Å². The number of benzene rings is 1. The summed E-state index contributed by atoms with van der Waals surface area (Å²) in [6.45, 7) is -0.492. The highest BCUT2D eigenvalue weighted by atomic mass is 35.5. The molecule has 2 N–H and O–H groups in total. The minimum absolute atomic E-state index is 0.211. The van der Waals surface area contributed by atoms with E-state index in [0.717, 1.165) is 5.56 Å². The van der Waals surface area contributed by atoms with Crippen molar-refractivity contribution in [1.82, 2.24) is 0 Å². The van der Waals surface area contributed by atoms with Crippen molar-refractivity contribution in [1.29, 1.82) is 0 Å². The third-order valence-electron chi connectivity index (χ3n) is 1.86. The Hall–Kier alpha value is -0.980. The lowest BCUT2D eigenvalue weighted by atomic mass is 10.2. The van der Waals surface area contributed by atoms with Crippen molar-refractivity contribution in [3.63, 3.8) is 0 Å². The number of hydrogen-bond donors (Lipinski definition) is 1. The first-order chi connectivity index (χ1) is 7.92. The summed E-state index contributed by atoms with van der Waals surface area (Å²) >= 11 is 5.84. The molecule has 3 nitrogen and oxygen atoms in total. The van der Waals surface area contributed by atoms with Gasteiger partial charge in [-0.1, -0.05) is 17.7 Å². The fourth-order valence-corrected chi connectivity index (χ4v) is 1.35. The fraction of sp³-hybridized carbons (Fsp3) is 0.400. The normalized spacial score (nSPS) is 11.6. The fourth-order valence-electron chi connectivity index (χ4n) is 1.10. The molecule has 0 spiro atoms. The summed E-state index contributed by atoms with van der Waals surface area (Å²) in [6.07, 6.45) is -4.63. The SMILES string of the molecule is NCc1ccc(OCCOC(F)(F)F)cc1Cl. The highest BCUT2D eigenvalue weighted by Gasteiger charge is 2.28. The summed E-state index contributed by atoms with van der Waals surface area (Å²) < 4.78 is 43.5. The van der Waals surface area contributed by atoms with Crippen LogP contribution in [0.3, 0.4) is 0 Å². The Balaban J connectivity index is 2.40. The first-order valence-electron chi connectivity index (χ1n) is 4.74. The monoisotopic (exact) mass is 269 g/mol. The average molecular weight is 270 g/mol. The van der Waals surface area contributed by atoms with Crippen molar-refractivity contribution in [3.05, 3.63) is 28.8 Å². The highest BCUT2D eigenvalue weighted by Crippen LogP contribution is 2.22. The highest BCUT2D eigenvalue weighted by molar-refractivity contribution is 6.31. The van der Waals surface area contributed by atoms with E-state index < -0.39 is 13.0 Å². The Morgan fingerprint density at radius 3 is 2.47 bits per heavy atom. The molecular weight excluding hydrogens is 259 g/mol. The molecule has 17 heavy (non-hydrogen) atoms. The maximum atomic E-state index is 11.6. The van der Waals surface area contributed by atoms with E-state index in [2.05, 4.69) is 4.74 Å². The standard InChI is InChI=1S/C10H11ClF3NO2/c11-9-5-8(2-1-7(9)6-15)16-3-4-17-10(12,13)14/h1-2,5H,3-4,6,15H2. The Bertz CT molecular complexity index is 371. The number of alkyl halides is 3. The van der Waals surface area contributed by atoms with Crippen molar-refractivity contribution < 1.29 is 22.6 Å². The van der Waals surface area contributed by atoms with Gasteiger partial charge in [-0.25, -0.2) is 0 Å². The van der Waals surface area contributed by atoms with E-state index in [-0.39, 0.29) is 13.2 Å². The topological polar surface area (TPSA) is 44.5 Å². The third-order valence-corrected chi connectivity index (χ3v) is 2.21. The van der Waals surface area contributed by atoms with Crippen molar-refractivity contribution >= 4 is 11.6 Å². The van der Waals surface area contributed by atoms with Gasteiger partial charge in [0, 0.05) is 11.6 Å². The van der Waals surface area contributed by atoms with Gasteiger partial charge in [-0.3, -0.25) is 4.74 Å². The molecule has 0 aliphatic carbocycles. The Morgan fingerprint density at radius 1 is 1.24 bits per heavy atom. The molecule has 0 bridgehead atoms. The zero-order valence-corrected chi connectivity index (χ0v) is 9.52. The molecule has 0 saturated heterocycles. The number of halogens is 4. The van der Waals surface area contributed by atoms with Crippen molar-refractivity contribution in [3.8, 4) is 5.75 Å². The summed E-state index contributed by atoms with van der Waals surface area (Å²) in [5.74, 6) is 0.373. The largest absolute Gasteiger partial charge is 0.522 e. The van der Waals surface area contributed by atoms with E-state index in [0.29, 0.717) is 10.8 Å². The van der Waals surface area contributed by atoms with E-state index in [1.54, 1.807) is 12.1 Å². The summed E-state index contributed by atoms with van der Waals surface area (Å²) in [5.41, 5.74) is 6.14. The lowest BCUT2D eigenvalue weighted by Crippen LogP contribution is -2.18. The second-order valence-corrected chi connectivity index (χ2v) is 3.51. The maximum Gasteiger partial charge on any atom is 0.522 e. The van der Waals surface area contributed by atoms with E-state index in [9.17, 15) is 13.2 Å². The minimum Gasteiger partial charge on any atom is -0.491 e. The molecule has 1 aromatic rings. The van der Waals surface area contributed by atoms with Gasteiger partial charge in [0.05, 0.1) is 6.61 Å². The van der Waals surface area contributed by atoms with E-state index in [1.165, 1.54) is 6.07 Å². The predicted octanol–water partition coefficient (Wildman–Crippen LogP) is 2.71. The molecule has 1 rings (SSSR count). The van der Waals surface area contributed by atoms with Crippen LogP contribution in [0.5, 0.6) is 5.75 Å². The van der Waals surface area contributed by atoms with Crippen LogP contribution in [-0.4, -0.2) is 19.6 Å². The second-order valence-electron chi connectivity index (χ2n) is 3.10. The molecule has 1 aromatic carbocycles. The van der Waals surface area contributed by atoms with Crippen LogP contribution in [0.1, 0.15) is 5.56 Å². The van der Waals surface area contributed by atoms with Crippen LogP contribution >= 0.6 is 11.6 Å². The predicted molar refractivity (Wildman–Crippen MR) is 56.8 cm³/mol. The van der Waals surface area contributed by atoms with Crippen LogP contribution in [0.15, 0.2) is 18.2 Å². The molecule has 0 aliphatic heterocycles. The van der Waals surface area contributed by atoms with Crippen LogP contribution in [0.2, 0.25) is 5.02 Å². The van der Waals surface area contributed by atoms with Crippen LogP contribution in [0.25, 0.3) is 0 Å². The van der Waals surface area contributed by atoms with E-state index >= 15 is 0 Å². The summed E-state index contributed by atoms with van der Waals surface area (Å²) in [6, 6.07) is 4.74. The van der Waals surface area contributed by atoms with Crippen LogP contribution in [0.4, 0.5) is 13.2 Å². The Kier molecular flexibility index (Phi) is 5.04. The molecule has 0 aromatic heterocycles. The van der Waals surface area contributed by atoms with E-state index in [1.807, 2.05) is 0 Å². The lowest BCUT2D eigenvalue weighted by molar-refractivity contribution is -0.325. The molecule has 7 heteroatoms. The van der Waals surface area contributed by atoms with Gasteiger partial charge in [0.15, 0.2) is 0 Å². The van der Waals surface area contributed by atoms with Gasteiger partial charge >= 0.3 is 6.36 Å². The van der Waals surface area contributed by atoms with Crippen LogP contribution < -0.4 is 10.5 Å². The molecule has 0 heterocycles. The molecule has 0 atom stereocenters. The molecule has 0 fully saturated rings. The van der Waals surface area contributed by atoms with Gasteiger partial charge in [0.2, 0.25) is 0 Å². The summed E-state index contributed by atoms with van der Waals surface area (Å²) in [7, 11) is 0. The molecular formula is C10H11ClF3NO2. The minimum atomic E-state index is -4.63. The van der Waals surface area contributed by atoms with Crippen molar-refractivity contribution in [2.24, 2.45) is 5.73 Å². The van der Waals surface area contributed by atoms with Gasteiger partial charge in [0.1, 0.15) is 12.4 Å². The van der Waals surface area contributed by atoms with Gasteiger partial charge in [-0.05, 0) is 17.7 Å². The summed E-state index contributed by atoms with van der Waals surface area (Å²) in [5, 5.41) is 0.418. The van der Waals surface area contributed by atoms with Gasteiger partial charge in [-0.2, -0.15) is 0 Å². The molecule has 0 saturated carbocycles. The molecule has 96 valence electrons. The number of ether oxygens (including phenoxy) is 2. The van der Waals surface area contributed by atoms with E-state index in [4.69, 9.17) is 22.1 Å². The first kappa shape index (κ1) is 14.1. The molecule has 0 aliphatic rings. The maximum absolute atomic E-state index is 11.6. The Morgan fingerprint density at radius 2 is 1.94 bits per heavy atom.